The summed E-state index contributed by atoms with van der Waals surface area (Å²) < 4.78 is 32.7. The van der Waals surface area contributed by atoms with Gasteiger partial charge in [-0.25, -0.2) is 15.2 Å². The maximum absolute atomic E-state index is 13.7. The second kappa shape index (κ2) is 6.77. The fourth-order valence-corrected chi connectivity index (χ4v) is 2.06. The molecule has 0 amide bonds. The summed E-state index contributed by atoms with van der Waals surface area (Å²) in [4.78, 5) is 8.27. The van der Waals surface area contributed by atoms with Gasteiger partial charge in [-0.3, -0.25) is 0 Å². The fraction of sp³-hybridized carbons (Fsp3) is 0.231. The van der Waals surface area contributed by atoms with Crippen LogP contribution in [0.3, 0.4) is 0 Å². The zero-order valence-corrected chi connectivity index (χ0v) is 12.7. The maximum atomic E-state index is 13.7. The molecule has 21 heavy (non-hydrogen) atoms. The molecule has 0 saturated carbocycles. The molecule has 0 aliphatic carbocycles. The van der Waals surface area contributed by atoms with Crippen LogP contribution in [-0.4, -0.2) is 9.97 Å². The quantitative estimate of drug-likeness (QED) is 0.485. The minimum atomic E-state index is -1.09. The van der Waals surface area contributed by atoms with Crippen LogP contribution < -0.4 is 16.0 Å². The molecule has 0 atom stereocenters. The summed E-state index contributed by atoms with van der Waals surface area (Å²) >= 11 is 3.08. The molecule has 8 heteroatoms. The first-order valence-electron chi connectivity index (χ1n) is 6.20. The average Bonchev–Trinajstić information content (AvgIpc) is 2.44. The van der Waals surface area contributed by atoms with Gasteiger partial charge < -0.3 is 10.2 Å². The van der Waals surface area contributed by atoms with Crippen LogP contribution in [0.4, 0.5) is 14.6 Å². The van der Waals surface area contributed by atoms with E-state index < -0.39 is 11.6 Å². The number of rotatable bonds is 5. The molecule has 1 aromatic carbocycles. The molecule has 0 aliphatic heterocycles. The van der Waals surface area contributed by atoms with Gasteiger partial charge >= 0.3 is 0 Å². The van der Waals surface area contributed by atoms with E-state index in [2.05, 4.69) is 31.3 Å². The standard InChI is InChI=1S/C13H13BrF2N4O/c1-2-3-10-18-11(20-17)6-12(19-10)21-9-5-7(14)4-8(15)13(9)16/h4-6H,2-3,17H2,1H3,(H,18,19,20). The minimum absolute atomic E-state index is 0.0813. The van der Waals surface area contributed by atoms with Gasteiger partial charge in [-0.15, -0.1) is 0 Å². The van der Waals surface area contributed by atoms with Crippen molar-refractivity contribution in [1.29, 1.82) is 0 Å². The third-order valence-corrected chi connectivity index (χ3v) is 3.00. The van der Waals surface area contributed by atoms with Crippen molar-refractivity contribution in [2.75, 3.05) is 5.43 Å². The van der Waals surface area contributed by atoms with E-state index in [0.717, 1.165) is 12.5 Å². The Morgan fingerprint density at radius 1 is 1.29 bits per heavy atom. The van der Waals surface area contributed by atoms with Gasteiger partial charge in [0.25, 0.3) is 0 Å². The van der Waals surface area contributed by atoms with Gasteiger partial charge in [-0.2, -0.15) is 9.37 Å². The number of aryl methyl sites for hydroxylation is 1. The highest BCUT2D eigenvalue weighted by molar-refractivity contribution is 9.10. The average molecular weight is 359 g/mol. The Labute approximate surface area is 128 Å². The molecular formula is C13H13BrF2N4O. The lowest BCUT2D eigenvalue weighted by Crippen LogP contribution is -2.11. The van der Waals surface area contributed by atoms with Crippen LogP contribution in [0.25, 0.3) is 0 Å². The smallest absolute Gasteiger partial charge is 0.224 e. The molecule has 112 valence electrons. The van der Waals surface area contributed by atoms with Crippen molar-refractivity contribution < 1.29 is 13.5 Å². The molecule has 0 unspecified atom stereocenters. The van der Waals surface area contributed by atoms with Crippen molar-refractivity contribution in [3.63, 3.8) is 0 Å². The first kappa shape index (κ1) is 15.6. The number of hydrogen-bond acceptors (Lipinski definition) is 5. The molecule has 3 N–H and O–H groups in total. The molecule has 1 aromatic heterocycles. The molecule has 1 heterocycles. The lowest BCUT2D eigenvalue weighted by Gasteiger charge is -2.10. The van der Waals surface area contributed by atoms with Gasteiger partial charge in [-0.05, 0) is 18.6 Å². The van der Waals surface area contributed by atoms with Crippen LogP contribution in [0, 0.1) is 11.6 Å². The monoisotopic (exact) mass is 358 g/mol. The summed E-state index contributed by atoms with van der Waals surface area (Å²) in [7, 11) is 0. The van der Waals surface area contributed by atoms with Gasteiger partial charge in [0.05, 0.1) is 0 Å². The zero-order chi connectivity index (χ0) is 15.4. The van der Waals surface area contributed by atoms with E-state index >= 15 is 0 Å². The summed E-state index contributed by atoms with van der Waals surface area (Å²) in [6.07, 6.45) is 1.44. The zero-order valence-electron chi connectivity index (χ0n) is 11.2. The predicted molar refractivity (Wildman–Crippen MR) is 78.0 cm³/mol. The van der Waals surface area contributed by atoms with Crippen LogP contribution in [-0.2, 0) is 6.42 Å². The molecule has 0 saturated heterocycles. The maximum Gasteiger partial charge on any atom is 0.224 e. The van der Waals surface area contributed by atoms with Gasteiger partial charge in [0.1, 0.15) is 11.6 Å². The number of benzene rings is 1. The normalized spacial score (nSPS) is 10.5. The van der Waals surface area contributed by atoms with E-state index in [9.17, 15) is 8.78 Å². The van der Waals surface area contributed by atoms with Crippen LogP contribution in [0.15, 0.2) is 22.7 Å². The predicted octanol–water partition coefficient (Wildman–Crippen LogP) is 3.55. The molecule has 2 rings (SSSR count). The molecule has 0 bridgehead atoms. The highest BCUT2D eigenvalue weighted by Crippen LogP contribution is 2.29. The van der Waals surface area contributed by atoms with Crippen molar-refractivity contribution in [3.05, 3.63) is 40.1 Å². The number of hydrazine groups is 1. The Hall–Kier alpha value is -1.80. The molecule has 0 spiro atoms. The summed E-state index contributed by atoms with van der Waals surface area (Å²) in [6.45, 7) is 1.97. The second-order valence-electron chi connectivity index (χ2n) is 4.20. The number of hydrogen-bond donors (Lipinski definition) is 2. The van der Waals surface area contributed by atoms with E-state index in [1.165, 1.54) is 12.1 Å². The molecule has 0 radical (unpaired) electrons. The highest BCUT2D eigenvalue weighted by Gasteiger charge is 2.14. The lowest BCUT2D eigenvalue weighted by atomic mass is 10.3. The van der Waals surface area contributed by atoms with Gasteiger partial charge in [0.2, 0.25) is 11.7 Å². The third-order valence-electron chi connectivity index (χ3n) is 2.54. The summed E-state index contributed by atoms with van der Waals surface area (Å²) in [5.74, 6) is 3.86. The van der Waals surface area contributed by atoms with Crippen LogP contribution >= 0.6 is 15.9 Å². The fourth-order valence-electron chi connectivity index (χ4n) is 1.65. The van der Waals surface area contributed by atoms with E-state index in [1.807, 2.05) is 6.92 Å². The molecule has 0 fully saturated rings. The number of nitrogens with one attached hydrogen (secondary N) is 1. The topological polar surface area (TPSA) is 73.1 Å². The van der Waals surface area contributed by atoms with Crippen LogP contribution in [0.2, 0.25) is 0 Å². The number of anilines is 1. The Morgan fingerprint density at radius 2 is 2.05 bits per heavy atom. The van der Waals surface area contributed by atoms with E-state index in [1.54, 1.807) is 0 Å². The van der Waals surface area contributed by atoms with Crippen molar-refractivity contribution in [2.24, 2.45) is 5.84 Å². The number of nitrogens with two attached hydrogens (primary N) is 1. The van der Waals surface area contributed by atoms with Crippen LogP contribution in [0.1, 0.15) is 19.2 Å². The minimum Gasteiger partial charge on any atom is -0.436 e. The summed E-state index contributed by atoms with van der Waals surface area (Å²) in [5, 5.41) is 0. The molecule has 2 aromatic rings. The number of aromatic nitrogens is 2. The van der Waals surface area contributed by atoms with Crippen LogP contribution in [0.5, 0.6) is 11.6 Å². The largest absolute Gasteiger partial charge is 0.436 e. The number of halogens is 3. The number of ether oxygens (including phenoxy) is 1. The molecule has 0 aliphatic rings. The van der Waals surface area contributed by atoms with Crippen molar-refractivity contribution >= 4 is 21.7 Å². The number of nitrogen functional groups attached to an aromatic ring is 1. The highest BCUT2D eigenvalue weighted by atomic mass is 79.9. The van der Waals surface area contributed by atoms with Crippen molar-refractivity contribution in [1.82, 2.24) is 9.97 Å². The Balaban J connectivity index is 2.37. The summed E-state index contributed by atoms with van der Waals surface area (Å²) in [6, 6.07) is 3.73. The number of nitrogens with zero attached hydrogens (tertiary/aromatic N) is 2. The third kappa shape index (κ3) is 3.85. The second-order valence-corrected chi connectivity index (χ2v) is 5.12. The molecule has 5 nitrogen and oxygen atoms in total. The Kier molecular flexibility index (Phi) is 5.03. The van der Waals surface area contributed by atoms with E-state index in [4.69, 9.17) is 10.6 Å². The Morgan fingerprint density at radius 3 is 2.71 bits per heavy atom. The van der Waals surface area contributed by atoms with Crippen molar-refractivity contribution in [2.45, 2.75) is 19.8 Å². The summed E-state index contributed by atoms with van der Waals surface area (Å²) in [5.41, 5.74) is 2.38. The Bertz CT molecular complexity index is 654. The van der Waals surface area contributed by atoms with Gasteiger partial charge in [0, 0.05) is 17.0 Å². The first-order valence-corrected chi connectivity index (χ1v) is 6.99. The van der Waals surface area contributed by atoms with E-state index in [0.29, 0.717) is 22.5 Å². The van der Waals surface area contributed by atoms with Gasteiger partial charge in [0.15, 0.2) is 11.6 Å². The lowest BCUT2D eigenvalue weighted by molar-refractivity contribution is 0.403. The van der Waals surface area contributed by atoms with E-state index in [-0.39, 0.29) is 11.6 Å². The molecular weight excluding hydrogens is 346 g/mol. The SMILES string of the molecule is CCCc1nc(NN)cc(Oc2cc(Br)cc(F)c2F)n1. The first-order chi connectivity index (χ1) is 10.0. The van der Waals surface area contributed by atoms with Crippen molar-refractivity contribution in [3.8, 4) is 11.6 Å². The van der Waals surface area contributed by atoms with Gasteiger partial charge in [-0.1, -0.05) is 22.9 Å².